The van der Waals surface area contributed by atoms with Gasteiger partial charge in [0.15, 0.2) is 0 Å². The van der Waals surface area contributed by atoms with E-state index >= 15 is 0 Å². The fourth-order valence-electron chi connectivity index (χ4n) is 1.55. The number of rotatable bonds is 4. The van der Waals surface area contributed by atoms with Gasteiger partial charge in [-0.25, -0.2) is 4.98 Å². The quantitative estimate of drug-likeness (QED) is 0.830. The van der Waals surface area contributed by atoms with E-state index in [0.29, 0.717) is 18.9 Å². The molecule has 0 spiro atoms. The first-order chi connectivity index (χ1) is 8.79. The van der Waals surface area contributed by atoms with Crippen LogP contribution in [0.25, 0.3) is 0 Å². The van der Waals surface area contributed by atoms with Crippen molar-refractivity contribution in [2.45, 2.75) is 13.2 Å². The van der Waals surface area contributed by atoms with Crippen molar-refractivity contribution in [2.75, 3.05) is 5.73 Å². The lowest BCUT2D eigenvalue weighted by Crippen LogP contribution is -1.98. The Kier molecular flexibility index (Phi) is 3.90. The van der Waals surface area contributed by atoms with Crippen LogP contribution in [-0.4, -0.2) is 4.98 Å². The third-order valence-electron chi connectivity index (χ3n) is 2.50. The van der Waals surface area contributed by atoms with Gasteiger partial charge in [0.05, 0.1) is 13.2 Å². The number of nitrogens with two attached hydrogens (primary N) is 1. The zero-order valence-corrected chi connectivity index (χ0v) is 9.84. The molecule has 0 fully saturated rings. The van der Waals surface area contributed by atoms with Crippen molar-refractivity contribution >= 4 is 5.69 Å². The van der Waals surface area contributed by atoms with Gasteiger partial charge >= 0.3 is 0 Å². The first kappa shape index (κ1) is 12.1. The van der Waals surface area contributed by atoms with Crippen molar-refractivity contribution in [3.05, 3.63) is 59.4 Å². The van der Waals surface area contributed by atoms with E-state index in [-0.39, 0.29) is 0 Å². The van der Waals surface area contributed by atoms with Crippen LogP contribution >= 0.6 is 0 Å². The average Bonchev–Trinajstić information content (AvgIpc) is 2.41. The average molecular weight is 239 g/mol. The Labute approximate surface area is 106 Å². The number of hydrogen-bond donors (Lipinski definition) is 1. The number of nitrogens with zero attached hydrogens (tertiary/aromatic N) is 2. The smallest absolute Gasteiger partial charge is 0.145 e. The lowest BCUT2D eigenvalue weighted by Gasteiger charge is -2.05. The molecule has 2 rings (SSSR count). The van der Waals surface area contributed by atoms with Crippen molar-refractivity contribution in [3.8, 4) is 6.07 Å². The Balaban J connectivity index is 1.93. The monoisotopic (exact) mass is 239 g/mol. The van der Waals surface area contributed by atoms with E-state index in [0.717, 1.165) is 16.8 Å². The Morgan fingerprint density at radius 3 is 2.67 bits per heavy atom. The van der Waals surface area contributed by atoms with Crippen LogP contribution in [0.15, 0.2) is 42.6 Å². The summed E-state index contributed by atoms with van der Waals surface area (Å²) in [6.07, 6.45) is 1.60. The van der Waals surface area contributed by atoms with E-state index in [4.69, 9.17) is 15.7 Å². The fourth-order valence-corrected chi connectivity index (χ4v) is 1.55. The maximum absolute atomic E-state index is 8.88. The second-order valence-corrected chi connectivity index (χ2v) is 3.86. The highest BCUT2D eigenvalue weighted by Gasteiger charge is 2.02. The van der Waals surface area contributed by atoms with Crippen LogP contribution in [0, 0.1) is 11.3 Å². The number of benzene rings is 1. The van der Waals surface area contributed by atoms with Gasteiger partial charge in [0, 0.05) is 17.4 Å². The molecule has 90 valence electrons. The van der Waals surface area contributed by atoms with Crippen LogP contribution in [0.2, 0.25) is 0 Å². The molecule has 2 aromatic rings. The van der Waals surface area contributed by atoms with Gasteiger partial charge in [0.25, 0.3) is 0 Å². The lowest BCUT2D eigenvalue weighted by atomic mass is 10.2. The normalized spacial score (nSPS) is 9.94. The minimum atomic E-state index is 0.376. The van der Waals surface area contributed by atoms with E-state index in [1.54, 1.807) is 12.3 Å². The Morgan fingerprint density at radius 1 is 1.17 bits per heavy atom. The van der Waals surface area contributed by atoms with E-state index < -0.39 is 0 Å². The molecule has 0 aliphatic rings. The molecule has 0 saturated heterocycles. The molecule has 4 heteroatoms. The number of ether oxygens (including phenoxy) is 1. The highest BCUT2D eigenvalue weighted by Crippen LogP contribution is 2.10. The van der Waals surface area contributed by atoms with Crippen LogP contribution in [0.5, 0.6) is 0 Å². The molecule has 2 N–H and O–H groups in total. The molecule has 0 amide bonds. The molecule has 0 aliphatic heterocycles. The number of pyridine rings is 1. The second-order valence-electron chi connectivity index (χ2n) is 3.86. The SMILES string of the molecule is N#Cc1ncccc1COCc1ccc(N)cc1. The molecule has 1 aromatic carbocycles. The molecule has 0 aliphatic carbocycles. The Hall–Kier alpha value is -2.38. The van der Waals surface area contributed by atoms with Crippen LogP contribution in [-0.2, 0) is 18.0 Å². The van der Waals surface area contributed by atoms with Gasteiger partial charge in [0.2, 0.25) is 0 Å². The van der Waals surface area contributed by atoms with E-state index in [2.05, 4.69) is 4.98 Å². The molecule has 1 heterocycles. The molecule has 18 heavy (non-hydrogen) atoms. The van der Waals surface area contributed by atoms with Gasteiger partial charge in [-0.05, 0) is 23.8 Å². The van der Waals surface area contributed by atoms with Crippen molar-refractivity contribution < 1.29 is 4.74 Å². The largest absolute Gasteiger partial charge is 0.399 e. The summed E-state index contributed by atoms with van der Waals surface area (Å²) in [6.45, 7) is 0.862. The summed E-state index contributed by atoms with van der Waals surface area (Å²) in [4.78, 5) is 3.98. The number of anilines is 1. The van der Waals surface area contributed by atoms with Gasteiger partial charge in [-0.15, -0.1) is 0 Å². The van der Waals surface area contributed by atoms with Crippen molar-refractivity contribution in [1.29, 1.82) is 5.26 Å². The molecule has 0 radical (unpaired) electrons. The molecule has 0 unspecified atom stereocenters. The summed E-state index contributed by atoms with van der Waals surface area (Å²) in [6, 6.07) is 13.2. The molecular weight excluding hydrogens is 226 g/mol. The maximum Gasteiger partial charge on any atom is 0.145 e. The predicted octanol–water partition coefficient (Wildman–Crippen LogP) is 2.25. The summed E-state index contributed by atoms with van der Waals surface area (Å²) in [5, 5.41) is 8.88. The number of hydrogen-bond acceptors (Lipinski definition) is 4. The van der Waals surface area contributed by atoms with Crippen LogP contribution < -0.4 is 5.73 Å². The van der Waals surface area contributed by atoms with Crippen molar-refractivity contribution in [3.63, 3.8) is 0 Å². The lowest BCUT2D eigenvalue weighted by molar-refractivity contribution is 0.107. The topological polar surface area (TPSA) is 71.9 Å². The zero-order valence-electron chi connectivity index (χ0n) is 9.84. The molecule has 0 saturated carbocycles. The minimum absolute atomic E-state index is 0.376. The van der Waals surface area contributed by atoms with Gasteiger partial charge in [-0.2, -0.15) is 5.26 Å². The fraction of sp³-hybridized carbons (Fsp3) is 0.143. The first-order valence-electron chi connectivity index (χ1n) is 5.56. The first-order valence-corrected chi connectivity index (χ1v) is 5.56. The van der Waals surface area contributed by atoms with Gasteiger partial charge in [-0.1, -0.05) is 18.2 Å². The molecular formula is C14H13N3O. The predicted molar refractivity (Wildman–Crippen MR) is 68.3 cm³/mol. The standard InChI is InChI=1S/C14H13N3O/c15-8-14-12(2-1-7-17-14)10-18-9-11-3-5-13(16)6-4-11/h1-7H,9-10,16H2. The molecule has 4 nitrogen and oxygen atoms in total. The summed E-state index contributed by atoms with van der Waals surface area (Å²) >= 11 is 0. The highest BCUT2D eigenvalue weighted by atomic mass is 16.5. The molecule has 0 bridgehead atoms. The van der Waals surface area contributed by atoms with Crippen LogP contribution in [0.1, 0.15) is 16.8 Å². The summed E-state index contributed by atoms with van der Waals surface area (Å²) in [5.74, 6) is 0. The Morgan fingerprint density at radius 2 is 1.94 bits per heavy atom. The summed E-state index contributed by atoms with van der Waals surface area (Å²) in [5.41, 5.74) is 8.59. The van der Waals surface area contributed by atoms with Crippen LogP contribution in [0.3, 0.4) is 0 Å². The minimum Gasteiger partial charge on any atom is -0.399 e. The Bertz CT molecular complexity index is 558. The highest BCUT2D eigenvalue weighted by molar-refractivity contribution is 5.39. The van der Waals surface area contributed by atoms with E-state index in [9.17, 15) is 0 Å². The second kappa shape index (κ2) is 5.80. The summed E-state index contributed by atoms with van der Waals surface area (Å²) in [7, 11) is 0. The van der Waals surface area contributed by atoms with Crippen molar-refractivity contribution in [2.24, 2.45) is 0 Å². The zero-order chi connectivity index (χ0) is 12.8. The summed E-state index contributed by atoms with van der Waals surface area (Å²) < 4.78 is 5.56. The third-order valence-corrected chi connectivity index (χ3v) is 2.50. The van der Waals surface area contributed by atoms with Gasteiger partial charge < -0.3 is 10.5 Å². The number of nitrogen functional groups attached to an aromatic ring is 1. The van der Waals surface area contributed by atoms with Gasteiger partial charge in [-0.3, -0.25) is 0 Å². The van der Waals surface area contributed by atoms with Crippen LogP contribution in [0.4, 0.5) is 5.69 Å². The number of nitriles is 1. The number of aromatic nitrogens is 1. The maximum atomic E-state index is 8.88. The third kappa shape index (κ3) is 3.06. The van der Waals surface area contributed by atoms with Crippen molar-refractivity contribution in [1.82, 2.24) is 4.98 Å². The molecule has 0 atom stereocenters. The van der Waals surface area contributed by atoms with E-state index in [1.165, 1.54) is 0 Å². The molecule has 1 aromatic heterocycles. The van der Waals surface area contributed by atoms with Gasteiger partial charge in [0.1, 0.15) is 11.8 Å². The van der Waals surface area contributed by atoms with E-state index in [1.807, 2.05) is 36.4 Å².